The molecule has 0 bridgehead atoms. The summed E-state index contributed by atoms with van der Waals surface area (Å²) in [6.45, 7) is 4.88. The summed E-state index contributed by atoms with van der Waals surface area (Å²) in [6, 6.07) is 5.82. The van der Waals surface area contributed by atoms with Crippen LogP contribution >= 0.6 is 0 Å². The monoisotopic (exact) mass is 278 g/mol. The van der Waals surface area contributed by atoms with Crippen LogP contribution < -0.4 is 5.73 Å². The lowest BCUT2D eigenvalue weighted by molar-refractivity contribution is 0.121. The molecule has 20 heavy (non-hydrogen) atoms. The smallest absolute Gasteiger partial charge is 0.123 e. The molecule has 1 aliphatic carbocycles. The van der Waals surface area contributed by atoms with Crippen LogP contribution in [0.3, 0.4) is 0 Å². The quantitative estimate of drug-likeness (QED) is 0.911. The Morgan fingerprint density at radius 1 is 1.40 bits per heavy atom. The standard InChI is InChI=1S/C17H27FN2/c1-12-5-4-6-15(9-12)20(3)17(11-19)16-8-7-14(18)10-13(16)2/h7-8,10,12,15,17H,4-6,9,11,19H2,1-3H3. The molecular formula is C17H27FN2. The van der Waals surface area contributed by atoms with Crippen LogP contribution in [0.2, 0.25) is 0 Å². The van der Waals surface area contributed by atoms with Crippen LogP contribution in [0, 0.1) is 18.7 Å². The Morgan fingerprint density at radius 2 is 2.15 bits per heavy atom. The summed E-state index contributed by atoms with van der Waals surface area (Å²) in [5.41, 5.74) is 8.18. The SMILES string of the molecule is Cc1cc(F)ccc1C(CN)N(C)C1CCCC(C)C1. The molecule has 0 aromatic heterocycles. The number of nitrogens with two attached hydrogens (primary N) is 1. The first kappa shape index (κ1) is 15.5. The zero-order chi connectivity index (χ0) is 14.7. The summed E-state index contributed by atoms with van der Waals surface area (Å²) >= 11 is 0. The second kappa shape index (κ2) is 6.68. The molecular weight excluding hydrogens is 251 g/mol. The number of nitrogens with zero attached hydrogens (tertiary/aromatic N) is 1. The number of rotatable bonds is 4. The number of aryl methyl sites for hydroxylation is 1. The second-order valence-corrected chi connectivity index (χ2v) is 6.34. The third-order valence-corrected chi connectivity index (χ3v) is 4.79. The van der Waals surface area contributed by atoms with Gasteiger partial charge in [-0.3, -0.25) is 4.90 Å². The number of benzene rings is 1. The maximum absolute atomic E-state index is 13.3. The molecule has 2 nitrogen and oxygen atoms in total. The van der Waals surface area contributed by atoms with E-state index >= 15 is 0 Å². The van der Waals surface area contributed by atoms with Crippen LogP contribution in [-0.2, 0) is 0 Å². The summed E-state index contributed by atoms with van der Waals surface area (Å²) in [6.07, 6.45) is 5.13. The molecule has 1 aromatic carbocycles. The highest BCUT2D eigenvalue weighted by molar-refractivity contribution is 5.30. The molecule has 2 rings (SSSR count). The highest BCUT2D eigenvalue weighted by atomic mass is 19.1. The number of likely N-dealkylation sites (N-methyl/N-ethyl adjacent to an activating group) is 1. The van der Waals surface area contributed by atoms with Crippen molar-refractivity contribution in [3.05, 3.63) is 35.1 Å². The fourth-order valence-electron chi connectivity index (χ4n) is 3.55. The summed E-state index contributed by atoms with van der Waals surface area (Å²) in [7, 11) is 2.17. The maximum atomic E-state index is 13.3. The molecule has 1 aliphatic rings. The average Bonchev–Trinajstić information content (AvgIpc) is 2.41. The molecule has 0 saturated heterocycles. The van der Waals surface area contributed by atoms with Gasteiger partial charge in [0.05, 0.1) is 0 Å². The Kier molecular flexibility index (Phi) is 5.17. The second-order valence-electron chi connectivity index (χ2n) is 6.34. The Morgan fingerprint density at radius 3 is 2.75 bits per heavy atom. The van der Waals surface area contributed by atoms with Gasteiger partial charge >= 0.3 is 0 Å². The van der Waals surface area contributed by atoms with Crippen molar-refractivity contribution < 1.29 is 4.39 Å². The zero-order valence-corrected chi connectivity index (χ0v) is 12.9. The summed E-state index contributed by atoms with van der Waals surface area (Å²) in [4.78, 5) is 2.41. The van der Waals surface area contributed by atoms with Gasteiger partial charge < -0.3 is 5.73 Å². The summed E-state index contributed by atoms with van der Waals surface area (Å²) in [5.74, 6) is 0.625. The molecule has 1 fully saturated rings. The van der Waals surface area contributed by atoms with Gasteiger partial charge in [-0.2, -0.15) is 0 Å². The minimum Gasteiger partial charge on any atom is -0.329 e. The highest BCUT2D eigenvalue weighted by Gasteiger charge is 2.28. The molecule has 0 heterocycles. The van der Waals surface area contributed by atoms with Crippen molar-refractivity contribution in [2.45, 2.75) is 51.6 Å². The van der Waals surface area contributed by atoms with E-state index in [0.717, 1.165) is 17.0 Å². The van der Waals surface area contributed by atoms with E-state index in [0.29, 0.717) is 12.6 Å². The van der Waals surface area contributed by atoms with Gasteiger partial charge in [0.15, 0.2) is 0 Å². The van der Waals surface area contributed by atoms with Gasteiger partial charge in [0.1, 0.15) is 5.82 Å². The predicted molar refractivity (Wildman–Crippen MR) is 82.1 cm³/mol. The van der Waals surface area contributed by atoms with Gasteiger partial charge in [-0.05, 0) is 56.0 Å². The minimum atomic E-state index is -0.170. The van der Waals surface area contributed by atoms with Crippen molar-refractivity contribution in [3.8, 4) is 0 Å². The molecule has 1 aromatic rings. The zero-order valence-electron chi connectivity index (χ0n) is 12.9. The van der Waals surface area contributed by atoms with E-state index < -0.39 is 0 Å². The van der Waals surface area contributed by atoms with Gasteiger partial charge in [0, 0.05) is 18.6 Å². The van der Waals surface area contributed by atoms with E-state index in [2.05, 4.69) is 18.9 Å². The third kappa shape index (κ3) is 3.39. The van der Waals surface area contributed by atoms with Crippen molar-refractivity contribution >= 4 is 0 Å². The minimum absolute atomic E-state index is 0.170. The molecule has 1 saturated carbocycles. The molecule has 3 unspecified atom stereocenters. The predicted octanol–water partition coefficient (Wildman–Crippen LogP) is 3.64. The fourth-order valence-corrected chi connectivity index (χ4v) is 3.55. The Hall–Kier alpha value is -0.930. The average molecular weight is 278 g/mol. The maximum Gasteiger partial charge on any atom is 0.123 e. The third-order valence-electron chi connectivity index (χ3n) is 4.79. The van der Waals surface area contributed by atoms with Crippen LogP contribution in [0.5, 0.6) is 0 Å². The molecule has 3 heteroatoms. The van der Waals surface area contributed by atoms with Gasteiger partial charge in [-0.25, -0.2) is 4.39 Å². The van der Waals surface area contributed by atoms with E-state index in [1.807, 2.05) is 13.0 Å². The van der Waals surface area contributed by atoms with Crippen molar-refractivity contribution in [1.29, 1.82) is 0 Å². The van der Waals surface area contributed by atoms with E-state index in [1.165, 1.54) is 25.7 Å². The molecule has 0 amide bonds. The summed E-state index contributed by atoms with van der Waals surface area (Å²) in [5, 5.41) is 0. The largest absolute Gasteiger partial charge is 0.329 e. The van der Waals surface area contributed by atoms with Crippen molar-refractivity contribution in [2.24, 2.45) is 11.7 Å². The van der Waals surface area contributed by atoms with Gasteiger partial charge in [0.2, 0.25) is 0 Å². The Bertz CT molecular complexity index is 447. The van der Waals surface area contributed by atoms with Gasteiger partial charge in [0.25, 0.3) is 0 Å². The highest BCUT2D eigenvalue weighted by Crippen LogP contribution is 2.32. The van der Waals surface area contributed by atoms with Crippen LogP contribution in [0.1, 0.15) is 49.8 Å². The molecule has 2 N–H and O–H groups in total. The number of halogens is 1. The van der Waals surface area contributed by atoms with Crippen molar-refractivity contribution in [2.75, 3.05) is 13.6 Å². The summed E-state index contributed by atoms with van der Waals surface area (Å²) < 4.78 is 13.3. The molecule has 3 atom stereocenters. The van der Waals surface area contributed by atoms with Crippen molar-refractivity contribution in [3.63, 3.8) is 0 Å². The molecule has 0 spiro atoms. The Labute approximate surface area is 122 Å². The molecule has 112 valence electrons. The van der Waals surface area contributed by atoms with Crippen molar-refractivity contribution in [1.82, 2.24) is 4.90 Å². The van der Waals surface area contributed by atoms with E-state index in [9.17, 15) is 4.39 Å². The van der Waals surface area contributed by atoms with Gasteiger partial charge in [-0.1, -0.05) is 25.8 Å². The molecule has 0 aliphatic heterocycles. The lowest BCUT2D eigenvalue weighted by Gasteiger charge is -2.39. The van der Waals surface area contributed by atoms with Crippen LogP contribution in [0.25, 0.3) is 0 Å². The van der Waals surface area contributed by atoms with E-state index in [4.69, 9.17) is 5.73 Å². The topological polar surface area (TPSA) is 29.3 Å². The first-order valence-corrected chi connectivity index (χ1v) is 7.71. The first-order chi connectivity index (χ1) is 9.52. The van der Waals surface area contributed by atoms with E-state index in [1.54, 1.807) is 12.1 Å². The normalized spacial score (nSPS) is 24.9. The lowest BCUT2D eigenvalue weighted by atomic mass is 9.85. The number of hydrogen-bond donors (Lipinski definition) is 1. The Balaban J connectivity index is 2.18. The van der Waals surface area contributed by atoms with Crippen LogP contribution in [-0.4, -0.2) is 24.5 Å². The molecule has 0 radical (unpaired) electrons. The first-order valence-electron chi connectivity index (χ1n) is 7.71. The van der Waals surface area contributed by atoms with E-state index in [-0.39, 0.29) is 11.9 Å². The number of hydrogen-bond acceptors (Lipinski definition) is 2. The van der Waals surface area contributed by atoms with Gasteiger partial charge in [-0.15, -0.1) is 0 Å². The fraction of sp³-hybridized carbons (Fsp3) is 0.647. The van der Waals surface area contributed by atoms with Crippen LogP contribution in [0.15, 0.2) is 18.2 Å². The lowest BCUT2D eigenvalue weighted by Crippen LogP contribution is -2.41. The van der Waals surface area contributed by atoms with Crippen LogP contribution in [0.4, 0.5) is 4.39 Å².